The van der Waals surface area contributed by atoms with Crippen LogP contribution in [-0.2, 0) is 14.4 Å². The Morgan fingerprint density at radius 3 is 2.57 bits per heavy atom. The number of primary amides is 1. The van der Waals surface area contributed by atoms with Gasteiger partial charge in [-0.05, 0) is 23.8 Å². The van der Waals surface area contributed by atoms with Crippen molar-refractivity contribution in [3.63, 3.8) is 0 Å². The molecule has 4 rings (SSSR count). The Bertz CT molecular complexity index is 1140. The molecule has 2 aromatic rings. The second-order valence-corrected chi connectivity index (χ2v) is 10.9. The first-order valence-corrected chi connectivity index (χ1v) is 12.5. The molecule has 12 nitrogen and oxygen atoms in total. The molecule has 200 valence electrons. The van der Waals surface area contributed by atoms with Gasteiger partial charge in [-0.1, -0.05) is 32.1 Å². The van der Waals surface area contributed by atoms with Crippen molar-refractivity contribution in [3.05, 3.63) is 35.8 Å². The molecule has 0 radical (unpaired) electrons. The average Bonchev–Trinajstić information content (AvgIpc) is 3.44. The van der Waals surface area contributed by atoms with E-state index in [0.29, 0.717) is 17.4 Å². The largest absolute Gasteiger partial charge is 0.481 e. The number of aliphatic hydroxyl groups is 1. The van der Waals surface area contributed by atoms with E-state index >= 15 is 0 Å². The van der Waals surface area contributed by atoms with Crippen molar-refractivity contribution in [1.29, 1.82) is 0 Å². The number of aliphatic hydroxyl groups excluding tert-OH is 1. The Balaban J connectivity index is 1.56. The molecule has 2 fully saturated rings. The summed E-state index contributed by atoms with van der Waals surface area (Å²) in [7, 11) is 1.48. The summed E-state index contributed by atoms with van der Waals surface area (Å²) in [5.74, 6) is -0.655. The molecule has 1 saturated carbocycles. The van der Waals surface area contributed by atoms with Crippen LogP contribution in [-0.4, -0.2) is 73.5 Å². The van der Waals surface area contributed by atoms with Crippen LogP contribution in [0.1, 0.15) is 75.7 Å². The van der Waals surface area contributed by atoms with Gasteiger partial charge >= 0.3 is 0 Å². The highest BCUT2D eigenvalue weighted by Gasteiger charge is 2.45. The number of amides is 3. The predicted molar refractivity (Wildman–Crippen MR) is 132 cm³/mol. The van der Waals surface area contributed by atoms with E-state index in [1.165, 1.54) is 18.2 Å². The summed E-state index contributed by atoms with van der Waals surface area (Å²) < 4.78 is 6.65. The minimum absolute atomic E-state index is 0.0122. The molecule has 37 heavy (non-hydrogen) atoms. The number of β-amino-alcohol motifs (C(OH)–C–C–N with tert-alkyl or cyclic N) is 1. The van der Waals surface area contributed by atoms with Crippen molar-refractivity contribution >= 4 is 17.7 Å². The summed E-state index contributed by atoms with van der Waals surface area (Å²) in [5, 5.41) is 21.8. The van der Waals surface area contributed by atoms with Crippen LogP contribution in [0.2, 0.25) is 0 Å². The van der Waals surface area contributed by atoms with Crippen molar-refractivity contribution in [3.8, 4) is 5.88 Å². The number of nitrogens with one attached hydrogen (secondary N) is 1. The maximum atomic E-state index is 13.9. The molecule has 1 saturated heterocycles. The zero-order chi connectivity index (χ0) is 26.9. The Kier molecular flexibility index (Phi) is 7.49. The highest BCUT2D eigenvalue weighted by molar-refractivity contribution is 5.90. The minimum atomic E-state index is -0.930. The molecule has 0 aromatic carbocycles. The van der Waals surface area contributed by atoms with Crippen molar-refractivity contribution in [2.75, 3.05) is 13.7 Å². The molecule has 3 heterocycles. The van der Waals surface area contributed by atoms with E-state index in [-0.39, 0.29) is 25.3 Å². The topological polar surface area (TPSA) is 166 Å². The highest BCUT2D eigenvalue weighted by atomic mass is 16.5. The van der Waals surface area contributed by atoms with Crippen LogP contribution in [0.4, 0.5) is 0 Å². The summed E-state index contributed by atoms with van der Waals surface area (Å²) in [6.07, 6.45) is 4.48. The lowest BCUT2D eigenvalue weighted by Gasteiger charge is -2.35. The number of nitrogens with zero attached hydrogens (tertiary/aromatic N) is 5. The van der Waals surface area contributed by atoms with Crippen LogP contribution in [0.5, 0.6) is 5.88 Å². The van der Waals surface area contributed by atoms with Gasteiger partial charge in [-0.15, -0.1) is 5.10 Å². The zero-order valence-corrected chi connectivity index (χ0v) is 21.6. The van der Waals surface area contributed by atoms with Gasteiger partial charge in [0.25, 0.3) is 0 Å². The highest BCUT2D eigenvalue weighted by Crippen LogP contribution is 2.40. The fourth-order valence-electron chi connectivity index (χ4n) is 4.77. The van der Waals surface area contributed by atoms with Gasteiger partial charge in [0.2, 0.25) is 23.6 Å². The van der Waals surface area contributed by atoms with Crippen molar-refractivity contribution in [2.45, 2.75) is 76.6 Å². The first kappa shape index (κ1) is 26.5. The molecule has 4 N–H and O–H groups in total. The molecule has 2 aliphatic rings. The maximum Gasteiger partial charge on any atom is 0.248 e. The standard InChI is InChI=1S/C25H35N7O5/c1-25(2,3)22(32-13-18(29-30-32)14-5-6-14)24(36)31-12-16(33)9-19(31)23(35)28-17(10-20(26)34)15-7-8-21(37-4)27-11-15/h7-8,11,13-14,16-17,19,22,33H,5-6,9-10,12H2,1-4H3,(H2,26,34)(H,28,35)/t16?,17?,19?,22-/m0/s1. The number of ether oxygens (including phenoxy) is 1. The number of rotatable bonds is 9. The smallest absolute Gasteiger partial charge is 0.248 e. The number of hydrogen-bond donors (Lipinski definition) is 3. The molecule has 1 aliphatic heterocycles. The number of methoxy groups -OCH3 is 1. The fraction of sp³-hybridized carbons (Fsp3) is 0.600. The number of aromatic nitrogens is 4. The Labute approximate surface area is 215 Å². The Morgan fingerprint density at radius 1 is 1.27 bits per heavy atom. The second kappa shape index (κ2) is 10.4. The Hall–Kier alpha value is -3.54. The second-order valence-electron chi connectivity index (χ2n) is 10.9. The minimum Gasteiger partial charge on any atom is -0.481 e. The lowest BCUT2D eigenvalue weighted by Crippen LogP contribution is -2.51. The summed E-state index contributed by atoms with van der Waals surface area (Å²) in [5.41, 5.74) is 6.32. The van der Waals surface area contributed by atoms with Crippen molar-refractivity contribution in [2.24, 2.45) is 11.1 Å². The predicted octanol–water partition coefficient (Wildman–Crippen LogP) is 0.841. The van der Waals surface area contributed by atoms with Gasteiger partial charge in [0, 0.05) is 37.3 Å². The van der Waals surface area contributed by atoms with Crippen molar-refractivity contribution in [1.82, 2.24) is 30.2 Å². The molecular weight excluding hydrogens is 478 g/mol. The summed E-state index contributed by atoms with van der Waals surface area (Å²) in [6, 6.07) is 0.893. The summed E-state index contributed by atoms with van der Waals surface area (Å²) >= 11 is 0. The molecule has 4 atom stereocenters. The third-order valence-corrected chi connectivity index (χ3v) is 6.80. The first-order valence-electron chi connectivity index (χ1n) is 12.5. The van der Waals surface area contributed by atoms with Crippen LogP contribution in [0, 0.1) is 5.41 Å². The van der Waals surface area contributed by atoms with Gasteiger partial charge in [0.15, 0.2) is 0 Å². The van der Waals surface area contributed by atoms with E-state index in [9.17, 15) is 19.5 Å². The van der Waals surface area contributed by atoms with Crippen molar-refractivity contribution < 1.29 is 24.2 Å². The average molecular weight is 514 g/mol. The van der Waals surface area contributed by atoms with Gasteiger partial charge in [0.05, 0.1) is 31.4 Å². The van der Waals surface area contributed by atoms with E-state index in [0.717, 1.165) is 18.5 Å². The van der Waals surface area contributed by atoms with Gasteiger partial charge < -0.3 is 25.8 Å². The molecule has 0 bridgehead atoms. The van der Waals surface area contributed by atoms with Crippen LogP contribution in [0.15, 0.2) is 24.5 Å². The molecule has 1 aliphatic carbocycles. The number of likely N-dealkylation sites (tertiary alicyclic amines) is 1. The van der Waals surface area contributed by atoms with Crippen LogP contribution in [0.25, 0.3) is 0 Å². The van der Waals surface area contributed by atoms with Gasteiger partial charge in [0.1, 0.15) is 12.1 Å². The number of nitrogens with two attached hydrogens (primary N) is 1. The van der Waals surface area contributed by atoms with Gasteiger partial charge in [-0.3, -0.25) is 14.4 Å². The van der Waals surface area contributed by atoms with E-state index in [1.54, 1.807) is 16.8 Å². The van der Waals surface area contributed by atoms with Crippen LogP contribution < -0.4 is 15.8 Å². The molecule has 3 unspecified atom stereocenters. The number of pyridine rings is 1. The molecule has 12 heteroatoms. The molecule has 3 amide bonds. The third-order valence-electron chi connectivity index (χ3n) is 6.80. The van der Waals surface area contributed by atoms with Gasteiger partial charge in [-0.2, -0.15) is 0 Å². The SMILES string of the molecule is COc1ccc(C(CC(N)=O)NC(=O)C2CC(O)CN2C(=O)[C@H](n2cc(C3CC3)nn2)C(C)(C)C)cn1. The summed E-state index contributed by atoms with van der Waals surface area (Å²) in [4.78, 5) is 44.7. The molecule has 0 spiro atoms. The van der Waals surface area contributed by atoms with E-state index in [2.05, 4.69) is 20.6 Å². The quantitative estimate of drug-likeness (QED) is 0.444. The first-order chi connectivity index (χ1) is 17.5. The maximum absolute atomic E-state index is 13.9. The van der Waals surface area contributed by atoms with E-state index < -0.39 is 41.5 Å². The molecular formula is C25H35N7O5. The monoisotopic (exact) mass is 513 g/mol. The van der Waals surface area contributed by atoms with E-state index in [4.69, 9.17) is 10.5 Å². The Morgan fingerprint density at radius 2 is 2.00 bits per heavy atom. The van der Waals surface area contributed by atoms with Crippen LogP contribution in [0.3, 0.4) is 0 Å². The normalized spacial score (nSPS) is 21.4. The summed E-state index contributed by atoms with van der Waals surface area (Å²) in [6.45, 7) is 5.79. The number of carbonyl (C=O) groups is 3. The number of carbonyl (C=O) groups excluding carboxylic acids is 3. The molecule has 2 aromatic heterocycles. The lowest BCUT2D eigenvalue weighted by molar-refractivity contribution is -0.144. The number of hydrogen-bond acceptors (Lipinski definition) is 8. The fourth-order valence-corrected chi connectivity index (χ4v) is 4.77. The third kappa shape index (κ3) is 6.07. The van der Waals surface area contributed by atoms with Gasteiger partial charge in [-0.25, -0.2) is 9.67 Å². The zero-order valence-electron chi connectivity index (χ0n) is 21.6. The van der Waals surface area contributed by atoms with Crippen LogP contribution >= 0.6 is 0 Å². The van der Waals surface area contributed by atoms with E-state index in [1.807, 2.05) is 27.0 Å². The lowest BCUT2D eigenvalue weighted by atomic mass is 9.85.